The second-order valence-corrected chi connectivity index (χ2v) is 7.39. The van der Waals surface area contributed by atoms with E-state index in [4.69, 9.17) is 5.73 Å². The molecule has 2 N–H and O–H groups in total. The summed E-state index contributed by atoms with van der Waals surface area (Å²) in [5.41, 5.74) is 9.12. The van der Waals surface area contributed by atoms with Gasteiger partial charge in [0, 0.05) is 47.3 Å². The van der Waals surface area contributed by atoms with Crippen LogP contribution in [0, 0.1) is 5.41 Å². The van der Waals surface area contributed by atoms with Crippen LogP contribution >= 0.6 is 0 Å². The van der Waals surface area contributed by atoms with Gasteiger partial charge < -0.3 is 10.3 Å². The minimum absolute atomic E-state index is 0.155. The summed E-state index contributed by atoms with van der Waals surface area (Å²) in [4.78, 5) is 0. The predicted molar refractivity (Wildman–Crippen MR) is 72.4 cm³/mol. The molecule has 1 aliphatic rings. The maximum Gasteiger partial charge on any atom is 0.0411 e. The van der Waals surface area contributed by atoms with E-state index >= 15 is 0 Å². The Labute approximate surface area is 106 Å². The van der Waals surface area contributed by atoms with Gasteiger partial charge in [-0.25, -0.2) is 0 Å². The quantitative estimate of drug-likeness (QED) is 0.894. The molecule has 0 radical (unpaired) electrons. The number of nitrogens with two attached hydrogens (primary N) is 1. The van der Waals surface area contributed by atoms with Crippen molar-refractivity contribution in [2.24, 2.45) is 11.1 Å². The number of nitrogens with zero attached hydrogens (tertiary/aromatic N) is 1. The second kappa shape index (κ2) is 4.58. The summed E-state index contributed by atoms with van der Waals surface area (Å²) in [5.74, 6) is 0.719. The van der Waals surface area contributed by atoms with E-state index in [9.17, 15) is 4.21 Å². The summed E-state index contributed by atoms with van der Waals surface area (Å²) in [5, 5.41) is 0. The molecule has 0 fully saturated rings. The van der Waals surface area contributed by atoms with Crippen molar-refractivity contribution in [3.8, 4) is 0 Å². The zero-order valence-corrected chi connectivity index (χ0v) is 11.7. The summed E-state index contributed by atoms with van der Waals surface area (Å²) in [7, 11) is -0.731. The molecule has 1 aromatic rings. The maximum atomic E-state index is 11.2. The molecule has 17 heavy (non-hydrogen) atoms. The summed E-state index contributed by atoms with van der Waals surface area (Å²) in [6, 6.07) is 2.29. The molecular weight excluding hydrogens is 232 g/mol. The van der Waals surface area contributed by atoms with Crippen LogP contribution in [0.3, 0.4) is 0 Å². The molecule has 1 aliphatic carbocycles. The number of aryl methyl sites for hydroxylation is 1. The van der Waals surface area contributed by atoms with Crippen molar-refractivity contribution in [1.29, 1.82) is 0 Å². The zero-order chi connectivity index (χ0) is 12.6. The van der Waals surface area contributed by atoms with E-state index in [2.05, 4.69) is 30.7 Å². The third kappa shape index (κ3) is 2.80. The SMILES string of the molecule is CS(=O)CCn1ccc2c1CC(C)(C)CC2N. The Bertz CT molecular complexity index is 437. The van der Waals surface area contributed by atoms with Gasteiger partial charge in [0.15, 0.2) is 0 Å². The Morgan fingerprint density at radius 3 is 2.94 bits per heavy atom. The van der Waals surface area contributed by atoms with E-state index in [0.717, 1.165) is 25.1 Å². The first-order valence-corrected chi connectivity index (χ1v) is 7.85. The first-order valence-electron chi connectivity index (χ1n) is 6.12. The Kier molecular flexibility index (Phi) is 3.46. The van der Waals surface area contributed by atoms with Crippen LogP contribution in [-0.2, 0) is 23.8 Å². The van der Waals surface area contributed by atoms with Crippen molar-refractivity contribution >= 4 is 10.8 Å². The van der Waals surface area contributed by atoms with Gasteiger partial charge in [0.2, 0.25) is 0 Å². The lowest BCUT2D eigenvalue weighted by atomic mass is 9.74. The highest BCUT2D eigenvalue weighted by Gasteiger charge is 2.32. The highest BCUT2D eigenvalue weighted by Crippen LogP contribution is 2.39. The monoisotopic (exact) mass is 254 g/mol. The molecule has 4 heteroatoms. The number of fused-ring (bicyclic) bond motifs is 1. The van der Waals surface area contributed by atoms with Gasteiger partial charge in [-0.15, -0.1) is 0 Å². The third-order valence-electron chi connectivity index (χ3n) is 3.55. The van der Waals surface area contributed by atoms with E-state index in [-0.39, 0.29) is 11.5 Å². The molecular formula is C13H22N2OS. The van der Waals surface area contributed by atoms with Crippen molar-refractivity contribution in [1.82, 2.24) is 4.57 Å². The van der Waals surface area contributed by atoms with Gasteiger partial charge in [0.25, 0.3) is 0 Å². The Balaban J connectivity index is 2.24. The Hall–Kier alpha value is -0.610. The lowest BCUT2D eigenvalue weighted by molar-refractivity contribution is 0.275. The van der Waals surface area contributed by atoms with E-state index < -0.39 is 10.8 Å². The first kappa shape index (κ1) is 12.8. The first-order chi connectivity index (χ1) is 7.89. The average Bonchev–Trinajstić information content (AvgIpc) is 2.56. The molecule has 2 rings (SSSR count). The molecule has 0 aliphatic heterocycles. The van der Waals surface area contributed by atoms with Crippen molar-refractivity contribution in [3.05, 3.63) is 23.5 Å². The number of rotatable bonds is 3. The summed E-state index contributed by atoms with van der Waals surface area (Å²) >= 11 is 0. The normalized spacial score (nSPS) is 24.4. The largest absolute Gasteiger partial charge is 0.350 e. The molecule has 0 saturated heterocycles. The van der Waals surface area contributed by atoms with E-state index in [1.54, 1.807) is 6.26 Å². The van der Waals surface area contributed by atoms with Gasteiger partial charge in [0.05, 0.1) is 0 Å². The van der Waals surface area contributed by atoms with Crippen LogP contribution in [0.2, 0.25) is 0 Å². The number of hydrogen-bond donors (Lipinski definition) is 1. The number of aromatic nitrogens is 1. The third-order valence-corrected chi connectivity index (χ3v) is 4.31. The minimum atomic E-state index is -0.731. The van der Waals surface area contributed by atoms with Crippen LogP contribution in [-0.4, -0.2) is 20.8 Å². The topological polar surface area (TPSA) is 48.0 Å². The molecule has 2 unspecified atom stereocenters. The van der Waals surface area contributed by atoms with Crippen LogP contribution in [0.15, 0.2) is 12.3 Å². The van der Waals surface area contributed by atoms with Gasteiger partial charge >= 0.3 is 0 Å². The fraction of sp³-hybridized carbons (Fsp3) is 0.692. The lowest BCUT2D eigenvalue weighted by Crippen LogP contribution is -2.30. The Morgan fingerprint density at radius 2 is 2.29 bits per heavy atom. The zero-order valence-electron chi connectivity index (χ0n) is 10.9. The summed E-state index contributed by atoms with van der Waals surface area (Å²) in [6.45, 7) is 5.37. The highest BCUT2D eigenvalue weighted by molar-refractivity contribution is 7.84. The number of hydrogen-bond acceptors (Lipinski definition) is 2. The van der Waals surface area contributed by atoms with E-state index in [0.29, 0.717) is 0 Å². The molecule has 0 bridgehead atoms. The molecule has 0 saturated carbocycles. The molecule has 0 amide bonds. The van der Waals surface area contributed by atoms with Crippen LogP contribution in [0.5, 0.6) is 0 Å². The molecule has 3 nitrogen and oxygen atoms in total. The minimum Gasteiger partial charge on any atom is -0.350 e. The van der Waals surface area contributed by atoms with Crippen molar-refractivity contribution in [2.75, 3.05) is 12.0 Å². The van der Waals surface area contributed by atoms with E-state index in [1.165, 1.54) is 11.3 Å². The fourth-order valence-corrected chi connectivity index (χ4v) is 3.18. The molecule has 0 aromatic carbocycles. The Morgan fingerprint density at radius 1 is 1.59 bits per heavy atom. The van der Waals surface area contributed by atoms with Gasteiger partial charge in [0.1, 0.15) is 0 Å². The van der Waals surface area contributed by atoms with Crippen molar-refractivity contribution in [2.45, 2.75) is 39.3 Å². The van der Waals surface area contributed by atoms with Crippen LogP contribution < -0.4 is 5.73 Å². The lowest BCUT2D eigenvalue weighted by Gasteiger charge is -2.34. The maximum absolute atomic E-state index is 11.2. The smallest absolute Gasteiger partial charge is 0.0411 e. The van der Waals surface area contributed by atoms with Gasteiger partial charge in [-0.1, -0.05) is 13.8 Å². The molecule has 1 aromatic heterocycles. The summed E-state index contributed by atoms with van der Waals surface area (Å²) < 4.78 is 13.4. The van der Waals surface area contributed by atoms with Gasteiger partial charge in [-0.2, -0.15) is 0 Å². The standard InChI is InChI=1S/C13H22N2OS/c1-13(2)8-11(14)10-4-5-15(12(10)9-13)6-7-17(3)16/h4-5,11H,6-9,14H2,1-3H3. The van der Waals surface area contributed by atoms with Crippen LogP contribution in [0.1, 0.15) is 37.6 Å². The molecule has 96 valence electrons. The van der Waals surface area contributed by atoms with Crippen molar-refractivity contribution in [3.63, 3.8) is 0 Å². The van der Waals surface area contributed by atoms with Gasteiger partial charge in [-0.3, -0.25) is 4.21 Å². The molecule has 2 atom stereocenters. The van der Waals surface area contributed by atoms with Crippen LogP contribution in [0.25, 0.3) is 0 Å². The van der Waals surface area contributed by atoms with Crippen molar-refractivity contribution < 1.29 is 4.21 Å². The van der Waals surface area contributed by atoms with Gasteiger partial charge in [-0.05, 0) is 29.9 Å². The molecule has 0 spiro atoms. The predicted octanol–water partition coefficient (Wildman–Crippen LogP) is 1.84. The average molecular weight is 254 g/mol. The summed E-state index contributed by atoms with van der Waals surface area (Å²) in [6.07, 6.45) is 5.97. The van der Waals surface area contributed by atoms with E-state index in [1.807, 2.05) is 0 Å². The second-order valence-electron chi connectivity index (χ2n) is 5.84. The molecule has 1 heterocycles. The highest BCUT2D eigenvalue weighted by atomic mass is 32.2. The fourth-order valence-electron chi connectivity index (χ4n) is 2.73. The van der Waals surface area contributed by atoms with Crippen LogP contribution in [0.4, 0.5) is 0 Å².